The maximum atomic E-state index is 13.0. The normalized spacial score (nSPS) is 18.2. The van der Waals surface area contributed by atoms with E-state index in [-0.39, 0.29) is 0 Å². The second-order valence-electron chi connectivity index (χ2n) is 4.98. The topological polar surface area (TPSA) is 12.0 Å². The van der Waals surface area contributed by atoms with Crippen LogP contribution in [0, 0.1) is 11.6 Å². The summed E-state index contributed by atoms with van der Waals surface area (Å²) in [6.07, 6.45) is 7.19. The zero-order valence-electron chi connectivity index (χ0n) is 10.6. The molecule has 0 radical (unpaired) electrons. The van der Waals surface area contributed by atoms with Gasteiger partial charge in [0.15, 0.2) is 0 Å². The highest BCUT2D eigenvalue weighted by Crippen LogP contribution is 2.39. The third kappa shape index (κ3) is 3.45. The highest BCUT2D eigenvalue weighted by atomic mass is 32.2. The molecule has 0 bridgehead atoms. The fourth-order valence-corrected chi connectivity index (χ4v) is 3.56. The molecular weight excluding hydrogens is 252 g/mol. The van der Waals surface area contributed by atoms with Crippen LogP contribution in [0.3, 0.4) is 0 Å². The standard InChI is InChI=1S/C14H19F2NS/c1-18-14(4-2-3-5-14)10-17-9-11-6-12(15)8-13(16)7-11/h6-8,17H,2-5,9-10H2,1H3. The average molecular weight is 271 g/mol. The molecule has 0 saturated heterocycles. The first-order valence-corrected chi connectivity index (χ1v) is 7.57. The van der Waals surface area contributed by atoms with E-state index in [2.05, 4.69) is 11.6 Å². The summed E-state index contributed by atoms with van der Waals surface area (Å²) in [5.41, 5.74) is 0.668. The van der Waals surface area contributed by atoms with Gasteiger partial charge in [0, 0.05) is 23.9 Å². The van der Waals surface area contributed by atoms with Crippen LogP contribution in [0.1, 0.15) is 31.2 Å². The summed E-state index contributed by atoms with van der Waals surface area (Å²) in [6.45, 7) is 1.43. The van der Waals surface area contributed by atoms with Gasteiger partial charge < -0.3 is 5.32 Å². The molecule has 1 saturated carbocycles. The van der Waals surface area contributed by atoms with Crippen LogP contribution in [-0.2, 0) is 6.54 Å². The maximum Gasteiger partial charge on any atom is 0.126 e. The molecule has 4 heteroatoms. The van der Waals surface area contributed by atoms with Crippen molar-refractivity contribution >= 4 is 11.8 Å². The first-order chi connectivity index (χ1) is 8.63. The summed E-state index contributed by atoms with van der Waals surface area (Å²) in [6, 6.07) is 3.68. The molecule has 1 nitrogen and oxygen atoms in total. The van der Waals surface area contributed by atoms with E-state index >= 15 is 0 Å². The number of thioether (sulfide) groups is 1. The largest absolute Gasteiger partial charge is 0.311 e. The van der Waals surface area contributed by atoms with E-state index < -0.39 is 11.6 Å². The Morgan fingerprint density at radius 1 is 1.17 bits per heavy atom. The monoisotopic (exact) mass is 271 g/mol. The van der Waals surface area contributed by atoms with Crippen molar-refractivity contribution < 1.29 is 8.78 Å². The van der Waals surface area contributed by atoms with Crippen LogP contribution in [0.2, 0.25) is 0 Å². The molecule has 1 aliphatic carbocycles. The van der Waals surface area contributed by atoms with Crippen molar-refractivity contribution in [1.82, 2.24) is 5.32 Å². The van der Waals surface area contributed by atoms with Gasteiger partial charge in [-0.1, -0.05) is 12.8 Å². The van der Waals surface area contributed by atoms with Gasteiger partial charge in [-0.3, -0.25) is 0 Å². The minimum absolute atomic E-state index is 0.325. The number of halogens is 2. The molecule has 100 valence electrons. The lowest BCUT2D eigenvalue weighted by Crippen LogP contribution is -2.34. The van der Waals surface area contributed by atoms with E-state index in [1.54, 1.807) is 0 Å². The summed E-state index contributed by atoms with van der Waals surface area (Å²) >= 11 is 1.91. The van der Waals surface area contributed by atoms with E-state index in [0.29, 0.717) is 16.9 Å². The minimum atomic E-state index is -0.507. The Bertz CT molecular complexity index is 383. The molecule has 1 aromatic carbocycles. The maximum absolute atomic E-state index is 13.0. The van der Waals surface area contributed by atoms with E-state index in [4.69, 9.17) is 0 Å². The quantitative estimate of drug-likeness (QED) is 0.875. The smallest absolute Gasteiger partial charge is 0.126 e. The SMILES string of the molecule is CSC1(CNCc2cc(F)cc(F)c2)CCCC1. The van der Waals surface area contributed by atoms with Gasteiger partial charge in [-0.25, -0.2) is 8.78 Å². The van der Waals surface area contributed by atoms with E-state index in [1.165, 1.54) is 37.8 Å². The molecule has 2 rings (SSSR count). The van der Waals surface area contributed by atoms with Crippen LogP contribution in [0.4, 0.5) is 8.78 Å². The molecule has 0 atom stereocenters. The van der Waals surface area contributed by atoms with E-state index in [0.717, 1.165) is 12.6 Å². The third-order valence-electron chi connectivity index (χ3n) is 3.65. The second-order valence-corrected chi connectivity index (χ2v) is 6.25. The lowest BCUT2D eigenvalue weighted by atomic mass is 10.1. The van der Waals surface area contributed by atoms with Crippen LogP contribution in [0.15, 0.2) is 18.2 Å². The molecule has 1 fully saturated rings. The number of hydrogen-bond donors (Lipinski definition) is 1. The Balaban J connectivity index is 1.87. The number of nitrogens with one attached hydrogen (secondary N) is 1. The van der Waals surface area contributed by atoms with Crippen molar-refractivity contribution in [3.8, 4) is 0 Å². The number of rotatable bonds is 5. The first kappa shape index (κ1) is 13.8. The Hall–Kier alpha value is -0.610. The van der Waals surface area contributed by atoms with Crippen LogP contribution in [0.25, 0.3) is 0 Å². The molecule has 1 aliphatic rings. The molecule has 0 heterocycles. The van der Waals surface area contributed by atoms with Gasteiger partial charge in [-0.2, -0.15) is 11.8 Å². The molecular formula is C14H19F2NS. The van der Waals surface area contributed by atoms with Crippen molar-refractivity contribution in [3.05, 3.63) is 35.4 Å². The molecule has 0 amide bonds. The van der Waals surface area contributed by atoms with Gasteiger partial charge in [-0.05, 0) is 36.8 Å². The van der Waals surface area contributed by atoms with Crippen molar-refractivity contribution in [2.75, 3.05) is 12.8 Å². The fraction of sp³-hybridized carbons (Fsp3) is 0.571. The Morgan fingerprint density at radius 3 is 2.33 bits per heavy atom. The zero-order valence-corrected chi connectivity index (χ0v) is 11.5. The number of hydrogen-bond acceptors (Lipinski definition) is 2. The lowest BCUT2D eigenvalue weighted by molar-refractivity contribution is 0.528. The van der Waals surface area contributed by atoms with Crippen molar-refractivity contribution in [3.63, 3.8) is 0 Å². The Morgan fingerprint density at radius 2 is 1.78 bits per heavy atom. The Labute approximate surface area is 111 Å². The average Bonchev–Trinajstić information content (AvgIpc) is 2.77. The van der Waals surface area contributed by atoms with E-state index in [1.807, 2.05) is 11.8 Å². The van der Waals surface area contributed by atoms with Gasteiger partial charge in [0.05, 0.1) is 0 Å². The summed E-state index contributed by atoms with van der Waals surface area (Å²) < 4.78 is 26.4. The van der Waals surface area contributed by atoms with Gasteiger partial charge in [-0.15, -0.1) is 0 Å². The minimum Gasteiger partial charge on any atom is -0.311 e. The van der Waals surface area contributed by atoms with E-state index in [9.17, 15) is 8.78 Å². The summed E-state index contributed by atoms with van der Waals surface area (Å²) in [7, 11) is 0. The second kappa shape index (κ2) is 6.02. The molecule has 1 N–H and O–H groups in total. The van der Waals surface area contributed by atoms with Gasteiger partial charge >= 0.3 is 0 Å². The highest BCUT2D eigenvalue weighted by molar-refractivity contribution is 8.00. The van der Waals surface area contributed by atoms with Crippen LogP contribution in [-0.4, -0.2) is 17.5 Å². The van der Waals surface area contributed by atoms with Gasteiger partial charge in [0.1, 0.15) is 11.6 Å². The predicted octanol–water partition coefficient (Wildman–Crippen LogP) is 3.73. The predicted molar refractivity (Wildman–Crippen MR) is 72.8 cm³/mol. The summed E-state index contributed by atoms with van der Waals surface area (Å²) in [5, 5.41) is 3.34. The molecule has 18 heavy (non-hydrogen) atoms. The highest BCUT2D eigenvalue weighted by Gasteiger charge is 2.32. The van der Waals surface area contributed by atoms with Crippen molar-refractivity contribution in [1.29, 1.82) is 0 Å². The van der Waals surface area contributed by atoms with Crippen molar-refractivity contribution in [2.45, 2.75) is 37.0 Å². The molecule has 1 aromatic rings. The van der Waals surface area contributed by atoms with Crippen LogP contribution in [0.5, 0.6) is 0 Å². The zero-order chi connectivity index (χ0) is 13.0. The van der Waals surface area contributed by atoms with Gasteiger partial charge in [0.2, 0.25) is 0 Å². The Kier molecular flexibility index (Phi) is 4.62. The molecule has 0 aromatic heterocycles. The van der Waals surface area contributed by atoms with Crippen LogP contribution >= 0.6 is 11.8 Å². The number of benzene rings is 1. The first-order valence-electron chi connectivity index (χ1n) is 6.34. The summed E-state index contributed by atoms with van der Waals surface area (Å²) in [5.74, 6) is -1.01. The van der Waals surface area contributed by atoms with Crippen LogP contribution < -0.4 is 5.32 Å². The third-order valence-corrected chi connectivity index (χ3v) is 5.07. The van der Waals surface area contributed by atoms with Crippen molar-refractivity contribution in [2.24, 2.45) is 0 Å². The lowest BCUT2D eigenvalue weighted by Gasteiger charge is -2.27. The molecule has 0 aliphatic heterocycles. The van der Waals surface area contributed by atoms with Gasteiger partial charge in [0.25, 0.3) is 0 Å². The summed E-state index contributed by atoms with van der Waals surface area (Å²) in [4.78, 5) is 0. The molecule has 0 unspecified atom stereocenters. The fourth-order valence-electron chi connectivity index (χ4n) is 2.62. The molecule has 0 spiro atoms.